The SMILES string of the molecule is NC(=O)N(CCCCN1CCN(c2ccc3c(c2)OCO3)CC1)c1c[nH]c2ccccc12. The molecule has 168 valence electrons. The van der Waals surface area contributed by atoms with Crippen LogP contribution in [0.1, 0.15) is 12.8 Å². The zero-order chi connectivity index (χ0) is 21.9. The standard InChI is InChI=1S/C24H29N5O3/c25-24(30)29(21-16-26-20-6-2-1-5-19(20)21)10-4-3-9-27-11-13-28(14-12-27)18-7-8-22-23(15-18)32-17-31-22/h1-2,5-8,15-16,26H,3-4,9-14,17H2,(H2,25,30). The summed E-state index contributed by atoms with van der Waals surface area (Å²) < 4.78 is 10.9. The summed E-state index contributed by atoms with van der Waals surface area (Å²) in [4.78, 5) is 21.9. The number of H-pyrrole nitrogens is 1. The van der Waals surface area contributed by atoms with Crippen LogP contribution in [0.4, 0.5) is 16.2 Å². The number of anilines is 2. The minimum absolute atomic E-state index is 0.306. The number of hydrogen-bond acceptors (Lipinski definition) is 5. The lowest BCUT2D eigenvalue weighted by molar-refractivity contribution is 0.174. The molecule has 2 aliphatic rings. The molecule has 3 N–H and O–H groups in total. The van der Waals surface area contributed by atoms with Crippen LogP contribution in [0, 0.1) is 0 Å². The molecular formula is C24H29N5O3. The van der Waals surface area contributed by atoms with Gasteiger partial charge >= 0.3 is 6.03 Å². The van der Waals surface area contributed by atoms with E-state index in [1.807, 2.05) is 36.5 Å². The second kappa shape index (κ2) is 9.00. The van der Waals surface area contributed by atoms with Crippen molar-refractivity contribution in [1.82, 2.24) is 9.88 Å². The number of carbonyl (C=O) groups is 1. The number of nitrogens with zero attached hydrogens (tertiary/aromatic N) is 3. The van der Waals surface area contributed by atoms with Crippen LogP contribution in [-0.4, -0.2) is 62.0 Å². The van der Waals surface area contributed by atoms with E-state index in [2.05, 4.69) is 26.9 Å². The molecule has 2 aliphatic heterocycles. The third-order valence-electron chi connectivity index (χ3n) is 6.32. The largest absolute Gasteiger partial charge is 0.454 e. The molecule has 0 radical (unpaired) electrons. The van der Waals surface area contributed by atoms with E-state index in [9.17, 15) is 4.79 Å². The maximum Gasteiger partial charge on any atom is 0.319 e. The summed E-state index contributed by atoms with van der Waals surface area (Å²) >= 11 is 0. The zero-order valence-electron chi connectivity index (χ0n) is 18.1. The van der Waals surface area contributed by atoms with Crippen molar-refractivity contribution in [2.24, 2.45) is 5.73 Å². The molecule has 0 saturated carbocycles. The Morgan fingerprint density at radius 2 is 1.84 bits per heavy atom. The van der Waals surface area contributed by atoms with Crippen LogP contribution in [0.25, 0.3) is 10.9 Å². The summed E-state index contributed by atoms with van der Waals surface area (Å²) in [5, 5.41) is 1.02. The summed E-state index contributed by atoms with van der Waals surface area (Å²) in [5.41, 5.74) is 8.73. The highest BCUT2D eigenvalue weighted by Gasteiger charge is 2.21. The van der Waals surface area contributed by atoms with Gasteiger partial charge in [0.25, 0.3) is 0 Å². The average molecular weight is 436 g/mol. The van der Waals surface area contributed by atoms with Gasteiger partial charge in [-0.15, -0.1) is 0 Å². The Balaban J connectivity index is 1.09. The molecule has 32 heavy (non-hydrogen) atoms. The van der Waals surface area contributed by atoms with Crippen molar-refractivity contribution in [2.45, 2.75) is 12.8 Å². The van der Waals surface area contributed by atoms with Crippen molar-refractivity contribution in [2.75, 3.05) is 55.9 Å². The van der Waals surface area contributed by atoms with Gasteiger partial charge in [0.2, 0.25) is 6.79 Å². The van der Waals surface area contributed by atoms with E-state index < -0.39 is 6.03 Å². The van der Waals surface area contributed by atoms with Crippen LogP contribution in [0.5, 0.6) is 11.5 Å². The molecule has 2 aromatic carbocycles. The van der Waals surface area contributed by atoms with Crippen LogP contribution >= 0.6 is 0 Å². The first-order chi connectivity index (χ1) is 15.7. The summed E-state index contributed by atoms with van der Waals surface area (Å²) in [6.45, 7) is 5.97. The number of fused-ring (bicyclic) bond motifs is 2. The highest BCUT2D eigenvalue weighted by molar-refractivity contribution is 6.02. The maximum atomic E-state index is 12.1. The molecule has 0 bridgehead atoms. The number of urea groups is 1. The summed E-state index contributed by atoms with van der Waals surface area (Å²) in [7, 11) is 0. The first kappa shape index (κ1) is 20.5. The second-order valence-corrected chi connectivity index (χ2v) is 8.28. The Morgan fingerprint density at radius 1 is 1.03 bits per heavy atom. The Hall–Kier alpha value is -3.39. The number of unbranched alkanes of at least 4 members (excludes halogenated alkanes) is 1. The molecule has 1 saturated heterocycles. The average Bonchev–Trinajstić information content (AvgIpc) is 3.46. The number of aromatic nitrogens is 1. The number of primary amides is 1. The van der Waals surface area contributed by atoms with Crippen molar-refractivity contribution in [3.63, 3.8) is 0 Å². The molecule has 0 spiro atoms. The van der Waals surface area contributed by atoms with Gasteiger partial charge in [0.05, 0.1) is 5.69 Å². The Kier molecular flexibility index (Phi) is 5.77. The molecule has 0 aliphatic carbocycles. The van der Waals surface area contributed by atoms with Crippen molar-refractivity contribution < 1.29 is 14.3 Å². The number of piperazine rings is 1. The lowest BCUT2D eigenvalue weighted by Gasteiger charge is -2.36. The number of rotatable bonds is 7. The first-order valence-corrected chi connectivity index (χ1v) is 11.2. The number of nitrogens with two attached hydrogens (primary N) is 1. The number of amides is 2. The smallest absolute Gasteiger partial charge is 0.319 e. The van der Waals surface area contributed by atoms with Crippen molar-refractivity contribution >= 4 is 28.3 Å². The molecule has 0 atom stereocenters. The van der Waals surface area contributed by atoms with E-state index >= 15 is 0 Å². The highest BCUT2D eigenvalue weighted by Crippen LogP contribution is 2.35. The number of hydrogen-bond donors (Lipinski definition) is 2. The first-order valence-electron chi connectivity index (χ1n) is 11.2. The predicted molar refractivity (Wildman–Crippen MR) is 126 cm³/mol. The molecule has 5 rings (SSSR count). The molecular weight excluding hydrogens is 406 g/mol. The monoisotopic (exact) mass is 435 g/mol. The van der Waals surface area contributed by atoms with E-state index in [0.29, 0.717) is 13.3 Å². The molecule has 2 amide bonds. The molecule has 3 heterocycles. The number of ether oxygens (including phenoxy) is 2. The molecule has 1 aromatic heterocycles. The van der Waals surface area contributed by atoms with Crippen molar-refractivity contribution in [1.29, 1.82) is 0 Å². The van der Waals surface area contributed by atoms with Gasteiger partial charge in [0.15, 0.2) is 11.5 Å². The number of aromatic amines is 1. The zero-order valence-corrected chi connectivity index (χ0v) is 18.1. The van der Waals surface area contributed by atoms with Crippen molar-refractivity contribution in [3.8, 4) is 11.5 Å². The van der Waals surface area contributed by atoms with Crippen LogP contribution < -0.4 is 25.0 Å². The quantitative estimate of drug-likeness (QED) is 0.556. The van der Waals surface area contributed by atoms with E-state index in [-0.39, 0.29) is 0 Å². The summed E-state index contributed by atoms with van der Waals surface area (Å²) in [6, 6.07) is 13.7. The third kappa shape index (κ3) is 4.18. The van der Waals surface area contributed by atoms with E-state index in [0.717, 1.165) is 73.7 Å². The minimum atomic E-state index is -0.410. The third-order valence-corrected chi connectivity index (χ3v) is 6.32. The van der Waals surface area contributed by atoms with Gasteiger partial charge in [-0.3, -0.25) is 9.80 Å². The van der Waals surface area contributed by atoms with Crippen molar-refractivity contribution in [3.05, 3.63) is 48.7 Å². The number of para-hydroxylation sites is 1. The molecule has 3 aromatic rings. The number of carbonyl (C=O) groups excluding carboxylic acids is 1. The predicted octanol–water partition coefficient (Wildman–Crippen LogP) is 3.38. The molecule has 8 nitrogen and oxygen atoms in total. The normalized spacial score (nSPS) is 15.9. The second-order valence-electron chi connectivity index (χ2n) is 8.28. The Labute approximate surface area is 187 Å². The van der Waals surface area contributed by atoms with Gasteiger partial charge in [-0.1, -0.05) is 18.2 Å². The Morgan fingerprint density at radius 3 is 2.69 bits per heavy atom. The van der Waals surface area contributed by atoms with Crippen LogP contribution in [0.2, 0.25) is 0 Å². The fourth-order valence-corrected chi connectivity index (χ4v) is 4.55. The molecule has 0 unspecified atom stereocenters. The highest BCUT2D eigenvalue weighted by atomic mass is 16.7. The van der Waals surface area contributed by atoms with Gasteiger partial charge in [-0.25, -0.2) is 4.79 Å². The fourth-order valence-electron chi connectivity index (χ4n) is 4.55. The van der Waals surface area contributed by atoms with Gasteiger partial charge in [0, 0.05) is 61.6 Å². The molecule has 1 fully saturated rings. The van der Waals surface area contributed by atoms with E-state index in [1.165, 1.54) is 5.69 Å². The van der Waals surface area contributed by atoms with Gasteiger partial charge < -0.3 is 25.1 Å². The van der Waals surface area contributed by atoms with Gasteiger partial charge in [-0.2, -0.15) is 0 Å². The lowest BCUT2D eigenvalue weighted by Crippen LogP contribution is -2.46. The summed E-state index contributed by atoms with van der Waals surface area (Å²) in [5.74, 6) is 1.66. The van der Waals surface area contributed by atoms with Crippen LogP contribution in [0.15, 0.2) is 48.7 Å². The lowest BCUT2D eigenvalue weighted by atomic mass is 10.2. The fraction of sp³-hybridized carbons (Fsp3) is 0.375. The van der Waals surface area contributed by atoms with Gasteiger partial charge in [-0.05, 0) is 37.6 Å². The number of nitrogens with one attached hydrogen (secondary N) is 1. The topological polar surface area (TPSA) is 87.1 Å². The van der Waals surface area contributed by atoms with Gasteiger partial charge in [0.1, 0.15) is 0 Å². The van der Waals surface area contributed by atoms with E-state index in [1.54, 1.807) is 4.90 Å². The maximum absolute atomic E-state index is 12.1. The number of benzene rings is 2. The summed E-state index contributed by atoms with van der Waals surface area (Å²) in [6.07, 6.45) is 3.80. The van der Waals surface area contributed by atoms with E-state index in [4.69, 9.17) is 15.2 Å². The molecule has 8 heteroatoms. The van der Waals surface area contributed by atoms with Crippen LogP contribution in [-0.2, 0) is 0 Å². The minimum Gasteiger partial charge on any atom is -0.454 e. The Bertz CT molecular complexity index is 1090. The van der Waals surface area contributed by atoms with Crippen LogP contribution in [0.3, 0.4) is 0 Å².